The highest BCUT2D eigenvalue weighted by molar-refractivity contribution is 6.03. The molecule has 3 aromatic rings. The molecule has 6 heteroatoms. The first-order valence-electron chi connectivity index (χ1n) is 9.10. The summed E-state index contributed by atoms with van der Waals surface area (Å²) in [5.41, 5.74) is 2.08. The largest absolute Gasteiger partial charge is 0.493 e. The van der Waals surface area contributed by atoms with Gasteiger partial charge in [-0.1, -0.05) is 18.2 Å². The quantitative estimate of drug-likeness (QED) is 0.677. The van der Waals surface area contributed by atoms with Gasteiger partial charge in [0.15, 0.2) is 11.3 Å². The second-order valence-electron chi connectivity index (χ2n) is 6.55. The minimum atomic E-state index is -0.280. The van der Waals surface area contributed by atoms with Gasteiger partial charge in [0.2, 0.25) is 11.8 Å². The minimum absolute atomic E-state index is 0.115. The summed E-state index contributed by atoms with van der Waals surface area (Å²) in [6.07, 6.45) is 4.46. The fraction of sp³-hybridized carbons (Fsp3) is 0.182. The van der Waals surface area contributed by atoms with E-state index in [4.69, 9.17) is 9.15 Å². The van der Waals surface area contributed by atoms with Crippen LogP contribution in [0.4, 0.5) is 11.4 Å². The zero-order chi connectivity index (χ0) is 19.5. The smallest absolute Gasteiger partial charge is 0.248 e. The third-order valence-corrected chi connectivity index (χ3v) is 4.64. The van der Waals surface area contributed by atoms with Crippen molar-refractivity contribution in [1.29, 1.82) is 0 Å². The molecule has 6 nitrogen and oxygen atoms in total. The lowest BCUT2D eigenvalue weighted by molar-refractivity contribution is -0.117. The van der Waals surface area contributed by atoms with E-state index >= 15 is 0 Å². The standard InChI is InChI=1S/C22H20N2O4/c1-27-19-8-2-5-15-13-18(28-22(15)19)10-11-20(25)23-16-6-3-7-17(14-16)24-12-4-9-21(24)26/h2-3,5-8,10-11,13-14H,4,9,12H2,1H3,(H,23,25)/b11-10+. The van der Waals surface area contributed by atoms with Crippen molar-refractivity contribution in [3.63, 3.8) is 0 Å². The summed E-state index contributed by atoms with van der Waals surface area (Å²) < 4.78 is 11.0. The number of hydrogen-bond donors (Lipinski definition) is 1. The summed E-state index contributed by atoms with van der Waals surface area (Å²) in [5, 5.41) is 3.72. The van der Waals surface area contributed by atoms with Crippen LogP contribution in [0.5, 0.6) is 5.75 Å². The monoisotopic (exact) mass is 376 g/mol. The molecule has 1 aliphatic heterocycles. The van der Waals surface area contributed by atoms with E-state index in [0.29, 0.717) is 35.7 Å². The lowest BCUT2D eigenvalue weighted by atomic mass is 10.2. The van der Waals surface area contributed by atoms with Crippen molar-refractivity contribution < 1.29 is 18.7 Å². The summed E-state index contributed by atoms with van der Waals surface area (Å²) in [4.78, 5) is 25.9. The molecule has 142 valence electrons. The lowest BCUT2D eigenvalue weighted by Crippen LogP contribution is -2.23. The number of benzene rings is 2. The zero-order valence-electron chi connectivity index (χ0n) is 15.5. The van der Waals surface area contributed by atoms with Crippen molar-refractivity contribution in [2.24, 2.45) is 0 Å². The average molecular weight is 376 g/mol. The van der Waals surface area contributed by atoms with Crippen LogP contribution in [0.1, 0.15) is 18.6 Å². The average Bonchev–Trinajstić information content (AvgIpc) is 3.32. The molecule has 0 saturated carbocycles. The molecule has 1 N–H and O–H groups in total. The van der Waals surface area contributed by atoms with Gasteiger partial charge in [0, 0.05) is 35.8 Å². The highest BCUT2D eigenvalue weighted by Gasteiger charge is 2.21. The zero-order valence-corrected chi connectivity index (χ0v) is 15.5. The van der Waals surface area contributed by atoms with Crippen LogP contribution in [-0.4, -0.2) is 25.5 Å². The number of hydrogen-bond acceptors (Lipinski definition) is 4. The maximum atomic E-state index is 12.3. The van der Waals surface area contributed by atoms with E-state index in [0.717, 1.165) is 17.5 Å². The van der Waals surface area contributed by atoms with Gasteiger partial charge in [0.25, 0.3) is 0 Å². The van der Waals surface area contributed by atoms with Gasteiger partial charge in [-0.2, -0.15) is 0 Å². The lowest BCUT2D eigenvalue weighted by Gasteiger charge is -2.16. The number of amides is 2. The normalized spacial score (nSPS) is 14.2. The Bertz CT molecular complexity index is 1070. The topological polar surface area (TPSA) is 71.8 Å². The fourth-order valence-corrected chi connectivity index (χ4v) is 3.31. The molecule has 2 amide bonds. The molecule has 0 spiro atoms. The van der Waals surface area contributed by atoms with E-state index in [9.17, 15) is 9.59 Å². The van der Waals surface area contributed by atoms with Gasteiger partial charge in [0.1, 0.15) is 5.76 Å². The molecule has 0 atom stereocenters. The van der Waals surface area contributed by atoms with Gasteiger partial charge >= 0.3 is 0 Å². The molecule has 0 bridgehead atoms. The van der Waals surface area contributed by atoms with Gasteiger partial charge in [-0.15, -0.1) is 0 Å². The number of nitrogens with one attached hydrogen (secondary N) is 1. The number of fused-ring (bicyclic) bond motifs is 1. The van der Waals surface area contributed by atoms with E-state index in [1.807, 2.05) is 36.4 Å². The van der Waals surface area contributed by atoms with Crippen molar-refractivity contribution >= 4 is 40.2 Å². The molecule has 0 unspecified atom stereocenters. The van der Waals surface area contributed by atoms with Crippen LogP contribution in [0.2, 0.25) is 0 Å². The molecule has 1 fully saturated rings. The Morgan fingerprint density at radius 2 is 2.07 bits per heavy atom. The van der Waals surface area contributed by atoms with Crippen LogP contribution in [0, 0.1) is 0 Å². The maximum Gasteiger partial charge on any atom is 0.248 e. The first-order valence-corrected chi connectivity index (χ1v) is 9.10. The Morgan fingerprint density at radius 1 is 1.21 bits per heavy atom. The van der Waals surface area contributed by atoms with Crippen molar-refractivity contribution in [1.82, 2.24) is 0 Å². The van der Waals surface area contributed by atoms with Crippen LogP contribution in [0.15, 0.2) is 59.0 Å². The summed E-state index contributed by atoms with van der Waals surface area (Å²) in [6.45, 7) is 0.714. The Kier molecular flexibility index (Phi) is 4.85. The molecular weight excluding hydrogens is 356 g/mol. The number of anilines is 2. The number of methoxy groups -OCH3 is 1. The summed E-state index contributed by atoms with van der Waals surface area (Å²) in [6, 6.07) is 14.8. The summed E-state index contributed by atoms with van der Waals surface area (Å²) >= 11 is 0. The van der Waals surface area contributed by atoms with E-state index in [1.165, 1.54) is 6.08 Å². The Hall–Kier alpha value is -3.54. The van der Waals surface area contributed by atoms with Gasteiger partial charge in [-0.25, -0.2) is 0 Å². The van der Waals surface area contributed by atoms with Gasteiger partial charge in [-0.3, -0.25) is 9.59 Å². The van der Waals surface area contributed by atoms with E-state index in [2.05, 4.69) is 5.32 Å². The molecule has 1 saturated heterocycles. The van der Waals surface area contributed by atoms with Crippen molar-refractivity contribution in [2.45, 2.75) is 12.8 Å². The van der Waals surface area contributed by atoms with Crippen LogP contribution in [0.25, 0.3) is 17.0 Å². The number of carbonyl (C=O) groups is 2. The number of furan rings is 1. The molecular formula is C22H20N2O4. The summed E-state index contributed by atoms with van der Waals surface area (Å²) in [5.74, 6) is 1.04. The Labute approximate surface area is 162 Å². The van der Waals surface area contributed by atoms with Crippen LogP contribution >= 0.6 is 0 Å². The van der Waals surface area contributed by atoms with Gasteiger partial charge in [-0.05, 0) is 42.8 Å². The Morgan fingerprint density at radius 3 is 2.86 bits per heavy atom. The van der Waals surface area contributed by atoms with Crippen molar-refractivity contribution in [2.75, 3.05) is 23.9 Å². The molecule has 2 heterocycles. The van der Waals surface area contributed by atoms with E-state index in [1.54, 1.807) is 30.2 Å². The highest BCUT2D eigenvalue weighted by Crippen LogP contribution is 2.29. The maximum absolute atomic E-state index is 12.3. The molecule has 2 aromatic carbocycles. The van der Waals surface area contributed by atoms with Crippen molar-refractivity contribution in [3.05, 3.63) is 60.4 Å². The number of carbonyl (C=O) groups excluding carboxylic acids is 2. The van der Waals surface area contributed by atoms with Crippen LogP contribution < -0.4 is 15.0 Å². The first-order chi connectivity index (χ1) is 13.6. The number of nitrogens with zero attached hydrogens (tertiary/aromatic N) is 1. The minimum Gasteiger partial charge on any atom is -0.493 e. The molecule has 0 radical (unpaired) electrons. The third-order valence-electron chi connectivity index (χ3n) is 4.64. The van der Waals surface area contributed by atoms with Crippen LogP contribution in [-0.2, 0) is 9.59 Å². The number of rotatable bonds is 5. The summed E-state index contributed by atoms with van der Waals surface area (Å²) in [7, 11) is 1.59. The predicted octanol–water partition coefficient (Wildman–Crippen LogP) is 4.22. The van der Waals surface area contributed by atoms with E-state index < -0.39 is 0 Å². The van der Waals surface area contributed by atoms with Crippen LogP contribution in [0.3, 0.4) is 0 Å². The molecule has 1 aliphatic rings. The molecule has 1 aromatic heterocycles. The second kappa shape index (κ2) is 7.60. The third kappa shape index (κ3) is 3.62. The first kappa shape index (κ1) is 17.9. The second-order valence-corrected chi connectivity index (χ2v) is 6.55. The molecule has 4 rings (SSSR count). The highest BCUT2D eigenvalue weighted by atomic mass is 16.5. The molecule has 0 aliphatic carbocycles. The Balaban J connectivity index is 1.46. The number of ether oxygens (including phenoxy) is 1. The van der Waals surface area contributed by atoms with Crippen molar-refractivity contribution in [3.8, 4) is 5.75 Å². The predicted molar refractivity (Wildman–Crippen MR) is 108 cm³/mol. The van der Waals surface area contributed by atoms with E-state index in [-0.39, 0.29) is 11.8 Å². The fourth-order valence-electron chi connectivity index (χ4n) is 3.31. The SMILES string of the molecule is COc1cccc2cc(/C=C/C(=O)Nc3cccc(N4CCCC4=O)c3)oc12. The van der Waals surface area contributed by atoms with Gasteiger partial charge in [0.05, 0.1) is 7.11 Å². The molecule has 28 heavy (non-hydrogen) atoms. The number of para-hydroxylation sites is 1. The van der Waals surface area contributed by atoms with Gasteiger partial charge < -0.3 is 19.4 Å².